The maximum atomic E-state index is 13.4. The Morgan fingerprint density at radius 3 is 2.16 bits per heavy atom. The van der Waals surface area contributed by atoms with E-state index < -0.39 is 10.0 Å². The van der Waals surface area contributed by atoms with E-state index in [-0.39, 0.29) is 0 Å². The highest BCUT2D eigenvalue weighted by atomic mass is 35.5. The fourth-order valence-electron chi connectivity index (χ4n) is 4.44. The largest absolute Gasteiger partial charge is 0.353 e. The topological polar surface area (TPSA) is 53.5 Å². The van der Waals surface area contributed by atoms with Crippen molar-refractivity contribution in [1.82, 2.24) is 9.29 Å². The molecule has 0 bridgehead atoms. The fourth-order valence-corrected chi connectivity index (χ4v) is 6.37. The van der Waals surface area contributed by atoms with Crippen LogP contribution in [0.1, 0.15) is 11.1 Å². The van der Waals surface area contributed by atoms with E-state index in [4.69, 9.17) is 16.6 Å². The smallest absolute Gasteiger partial charge is 0.243 e. The number of pyridine rings is 1. The highest BCUT2D eigenvalue weighted by Gasteiger charge is 2.31. The molecule has 3 aromatic carbocycles. The monoisotopic (exact) mass is 465 g/mol. The number of hydrogen-bond donors (Lipinski definition) is 0. The van der Waals surface area contributed by atoms with Crippen molar-refractivity contribution in [3.63, 3.8) is 0 Å². The van der Waals surface area contributed by atoms with Gasteiger partial charge in [0.15, 0.2) is 0 Å². The molecule has 2 heterocycles. The van der Waals surface area contributed by atoms with Gasteiger partial charge in [0.05, 0.1) is 10.4 Å². The number of sulfonamides is 1. The molecule has 1 fully saturated rings. The van der Waals surface area contributed by atoms with Crippen molar-refractivity contribution in [2.24, 2.45) is 0 Å². The Kier molecular flexibility index (Phi) is 5.32. The van der Waals surface area contributed by atoms with Crippen molar-refractivity contribution < 1.29 is 8.42 Å². The van der Waals surface area contributed by atoms with Crippen molar-refractivity contribution in [1.29, 1.82) is 0 Å². The number of anilines is 1. The highest BCUT2D eigenvalue weighted by molar-refractivity contribution is 7.89. The van der Waals surface area contributed by atoms with Gasteiger partial charge in [-0.25, -0.2) is 13.4 Å². The lowest BCUT2D eigenvalue weighted by Crippen LogP contribution is -2.49. The van der Waals surface area contributed by atoms with Gasteiger partial charge in [0.1, 0.15) is 5.82 Å². The van der Waals surface area contributed by atoms with Gasteiger partial charge in [0.25, 0.3) is 0 Å². The van der Waals surface area contributed by atoms with Gasteiger partial charge >= 0.3 is 0 Å². The quantitative estimate of drug-likeness (QED) is 0.392. The van der Waals surface area contributed by atoms with Crippen LogP contribution < -0.4 is 4.90 Å². The molecular weight excluding hydrogens is 442 g/mol. The number of fused-ring (bicyclic) bond motifs is 3. The molecule has 0 unspecified atom stereocenters. The van der Waals surface area contributed by atoms with Crippen LogP contribution in [0, 0.1) is 13.8 Å². The van der Waals surface area contributed by atoms with Gasteiger partial charge in [-0.2, -0.15) is 4.31 Å². The van der Waals surface area contributed by atoms with Crippen LogP contribution >= 0.6 is 11.6 Å². The minimum atomic E-state index is -3.59. The summed E-state index contributed by atoms with van der Waals surface area (Å²) in [7, 11) is -3.59. The molecule has 1 aliphatic heterocycles. The van der Waals surface area contributed by atoms with E-state index in [9.17, 15) is 8.42 Å². The summed E-state index contributed by atoms with van der Waals surface area (Å²) in [4.78, 5) is 7.48. The first-order valence-electron chi connectivity index (χ1n) is 10.7. The van der Waals surface area contributed by atoms with E-state index in [1.54, 1.807) is 23.4 Å². The molecule has 0 radical (unpaired) electrons. The van der Waals surface area contributed by atoms with Crippen LogP contribution in [0.15, 0.2) is 65.6 Å². The zero-order valence-electron chi connectivity index (χ0n) is 18.0. The average Bonchev–Trinajstić information content (AvgIpc) is 2.81. The minimum Gasteiger partial charge on any atom is -0.353 e. The maximum absolute atomic E-state index is 13.4. The lowest BCUT2D eigenvalue weighted by Gasteiger charge is -2.35. The third kappa shape index (κ3) is 3.52. The zero-order chi connectivity index (χ0) is 22.5. The predicted octanol–water partition coefficient (Wildman–Crippen LogP) is 5.17. The Bertz CT molecular complexity index is 1440. The van der Waals surface area contributed by atoms with Crippen molar-refractivity contribution in [3.05, 3.63) is 76.8 Å². The van der Waals surface area contributed by atoms with Crippen LogP contribution in [0.25, 0.3) is 21.7 Å². The molecule has 1 aromatic heterocycles. The van der Waals surface area contributed by atoms with Crippen molar-refractivity contribution >= 4 is 49.1 Å². The lowest BCUT2D eigenvalue weighted by molar-refractivity contribution is 0.384. The van der Waals surface area contributed by atoms with Gasteiger partial charge in [-0.05, 0) is 48.6 Å². The Morgan fingerprint density at radius 1 is 0.812 bits per heavy atom. The number of halogens is 1. The molecule has 0 aliphatic carbocycles. The number of para-hydroxylation sites is 1. The van der Waals surface area contributed by atoms with Gasteiger partial charge < -0.3 is 4.90 Å². The second kappa shape index (κ2) is 8.03. The molecule has 5 nitrogen and oxygen atoms in total. The molecule has 1 aliphatic rings. The van der Waals surface area contributed by atoms with Crippen molar-refractivity contribution in [3.8, 4) is 0 Å². The highest BCUT2D eigenvalue weighted by Crippen LogP contribution is 2.33. The van der Waals surface area contributed by atoms with Gasteiger partial charge in [0.2, 0.25) is 10.0 Å². The van der Waals surface area contributed by atoms with Crippen molar-refractivity contribution in [2.45, 2.75) is 18.7 Å². The number of nitrogens with zero attached hydrogens (tertiary/aromatic N) is 3. The number of aryl methyl sites for hydroxylation is 2. The SMILES string of the molecule is Cc1cc(S(=O)(=O)N2CCN(c3nc4ccccc4c4ccccc34)CC2)c(C)cc1Cl. The van der Waals surface area contributed by atoms with E-state index in [1.165, 1.54) is 0 Å². The third-order valence-corrected chi connectivity index (χ3v) is 8.65. The first kappa shape index (κ1) is 21.2. The van der Waals surface area contributed by atoms with Crippen LogP contribution in [0.5, 0.6) is 0 Å². The van der Waals surface area contributed by atoms with Crippen LogP contribution in [0.3, 0.4) is 0 Å². The Morgan fingerprint density at radius 2 is 1.44 bits per heavy atom. The van der Waals surface area contributed by atoms with Gasteiger partial charge in [-0.15, -0.1) is 0 Å². The summed E-state index contributed by atoms with van der Waals surface area (Å²) in [6, 6.07) is 19.8. The van der Waals surface area contributed by atoms with Crippen LogP contribution in [-0.4, -0.2) is 43.9 Å². The zero-order valence-corrected chi connectivity index (χ0v) is 19.6. The predicted molar refractivity (Wildman–Crippen MR) is 131 cm³/mol. The van der Waals surface area contributed by atoms with E-state index in [2.05, 4.69) is 23.1 Å². The fraction of sp³-hybridized carbons (Fsp3) is 0.240. The van der Waals surface area contributed by atoms with E-state index in [0.29, 0.717) is 41.7 Å². The second-order valence-corrected chi connectivity index (χ2v) is 10.6. The number of rotatable bonds is 3. The number of hydrogen-bond acceptors (Lipinski definition) is 4. The van der Waals surface area contributed by atoms with Crippen LogP contribution in [-0.2, 0) is 10.0 Å². The first-order valence-corrected chi connectivity index (χ1v) is 12.5. The Balaban J connectivity index is 1.46. The molecule has 0 amide bonds. The van der Waals surface area contributed by atoms with Crippen molar-refractivity contribution in [2.75, 3.05) is 31.1 Å². The summed E-state index contributed by atoms with van der Waals surface area (Å²) in [6.07, 6.45) is 0. The lowest BCUT2D eigenvalue weighted by atomic mass is 10.1. The molecule has 32 heavy (non-hydrogen) atoms. The molecule has 0 atom stereocenters. The standard InChI is InChI=1S/C25H24ClN3O2S/c1-17-16-24(18(2)15-22(17)26)32(30,31)29-13-11-28(12-14-29)25-21-9-4-3-7-19(21)20-8-5-6-10-23(20)27-25/h3-10,15-16H,11-14H2,1-2H3. The van der Waals surface area contributed by atoms with E-state index in [1.807, 2.05) is 37.3 Å². The third-order valence-electron chi connectivity index (χ3n) is 6.20. The van der Waals surface area contributed by atoms with Gasteiger partial charge in [-0.1, -0.05) is 54.1 Å². The van der Waals surface area contributed by atoms with Gasteiger partial charge in [0, 0.05) is 42.0 Å². The molecule has 0 saturated carbocycles. The molecule has 5 rings (SSSR count). The maximum Gasteiger partial charge on any atom is 0.243 e. The molecule has 0 spiro atoms. The summed E-state index contributed by atoms with van der Waals surface area (Å²) in [5, 5.41) is 3.96. The Hall–Kier alpha value is -2.67. The van der Waals surface area contributed by atoms with E-state index >= 15 is 0 Å². The molecular formula is C25H24ClN3O2S. The van der Waals surface area contributed by atoms with E-state index in [0.717, 1.165) is 33.1 Å². The summed E-state index contributed by atoms with van der Waals surface area (Å²) in [5.74, 6) is 0.912. The second-order valence-electron chi connectivity index (χ2n) is 8.26. The number of aromatic nitrogens is 1. The number of piperazine rings is 1. The van der Waals surface area contributed by atoms with Crippen LogP contribution in [0.4, 0.5) is 5.82 Å². The summed E-state index contributed by atoms with van der Waals surface area (Å²) >= 11 is 6.18. The first-order chi connectivity index (χ1) is 15.4. The molecule has 0 N–H and O–H groups in total. The normalized spacial score (nSPS) is 15.5. The van der Waals surface area contributed by atoms with Crippen LogP contribution in [0.2, 0.25) is 5.02 Å². The molecule has 7 heteroatoms. The summed E-state index contributed by atoms with van der Waals surface area (Å²) < 4.78 is 28.3. The molecule has 4 aromatic rings. The minimum absolute atomic E-state index is 0.335. The summed E-state index contributed by atoms with van der Waals surface area (Å²) in [6.45, 7) is 5.60. The summed E-state index contributed by atoms with van der Waals surface area (Å²) in [5.41, 5.74) is 2.38. The van der Waals surface area contributed by atoms with Gasteiger partial charge in [-0.3, -0.25) is 0 Å². The number of benzene rings is 3. The Labute approximate surface area is 193 Å². The molecule has 164 valence electrons. The average molecular weight is 466 g/mol. The molecule has 1 saturated heterocycles.